The van der Waals surface area contributed by atoms with Crippen LogP contribution in [0.25, 0.3) is 10.9 Å². The zero-order chi connectivity index (χ0) is 23.6. The number of allylic oxidation sites excluding steroid dienone is 1. The molecule has 2 aliphatic heterocycles. The fourth-order valence-corrected chi connectivity index (χ4v) is 4.31. The van der Waals surface area contributed by atoms with Crippen LogP contribution in [0.5, 0.6) is 0 Å². The van der Waals surface area contributed by atoms with Gasteiger partial charge < -0.3 is 26.2 Å². The number of nitrogens with two attached hydrogens (primary N) is 1. The molecule has 0 aliphatic carbocycles. The molecule has 0 saturated carbocycles. The molecule has 0 spiro atoms. The molecule has 2 aromatic rings. The predicted molar refractivity (Wildman–Crippen MR) is 125 cm³/mol. The number of benzene rings is 1. The number of pyridine rings is 1. The van der Waals surface area contributed by atoms with Gasteiger partial charge in [0.2, 0.25) is 0 Å². The molecule has 33 heavy (non-hydrogen) atoms. The topological polar surface area (TPSA) is 69.5 Å². The zero-order valence-corrected chi connectivity index (χ0v) is 19.2. The Morgan fingerprint density at radius 3 is 2.67 bits per heavy atom. The maximum absolute atomic E-state index is 13.9. The van der Waals surface area contributed by atoms with Gasteiger partial charge in [-0.15, -0.1) is 0 Å². The van der Waals surface area contributed by atoms with Gasteiger partial charge in [0.05, 0.1) is 27.5 Å². The predicted octanol–water partition coefficient (Wildman–Crippen LogP) is 3.16. The Morgan fingerprint density at radius 1 is 1.18 bits per heavy atom. The molecule has 1 atom stereocenters. The lowest BCUT2D eigenvalue weighted by Crippen LogP contribution is -2.51. The Hall–Kier alpha value is -2.33. The number of fused-ring (bicyclic) bond motifs is 1. The SMILES string of the molecule is CN1CCN(CCCNC2=CNC(N)(c3ccc4cccc(Cl)c4n3)C=C2C(F)(F)F)CC1. The van der Waals surface area contributed by atoms with Crippen molar-refractivity contribution in [2.75, 3.05) is 46.3 Å². The average Bonchev–Trinajstić information content (AvgIpc) is 2.78. The molecule has 0 amide bonds. The fraction of sp³-hybridized carbons (Fsp3) is 0.435. The Labute approximate surface area is 196 Å². The molecule has 1 unspecified atom stereocenters. The number of likely N-dealkylation sites (N-methyl/N-ethyl adjacent to an activating group) is 1. The first-order chi connectivity index (χ1) is 15.7. The van der Waals surface area contributed by atoms with E-state index in [4.69, 9.17) is 17.3 Å². The summed E-state index contributed by atoms with van der Waals surface area (Å²) in [6.07, 6.45) is -1.56. The number of hydrogen-bond acceptors (Lipinski definition) is 6. The van der Waals surface area contributed by atoms with E-state index in [-0.39, 0.29) is 11.4 Å². The van der Waals surface area contributed by atoms with E-state index in [1.807, 2.05) is 6.07 Å². The molecule has 1 aromatic carbocycles. The van der Waals surface area contributed by atoms with E-state index in [2.05, 4.69) is 32.5 Å². The summed E-state index contributed by atoms with van der Waals surface area (Å²) in [6, 6.07) is 8.65. The maximum atomic E-state index is 13.9. The largest absolute Gasteiger partial charge is 0.418 e. The average molecular weight is 481 g/mol. The van der Waals surface area contributed by atoms with E-state index in [0.717, 1.165) is 50.6 Å². The summed E-state index contributed by atoms with van der Waals surface area (Å²) in [7, 11) is 2.09. The van der Waals surface area contributed by atoms with E-state index < -0.39 is 17.4 Å². The van der Waals surface area contributed by atoms with E-state index in [9.17, 15) is 13.2 Å². The molecule has 2 aliphatic rings. The molecule has 1 aromatic heterocycles. The first-order valence-corrected chi connectivity index (χ1v) is 11.3. The van der Waals surface area contributed by atoms with Gasteiger partial charge >= 0.3 is 6.18 Å². The summed E-state index contributed by atoms with van der Waals surface area (Å²) >= 11 is 6.23. The Balaban J connectivity index is 1.47. The molecular formula is C23H28ClF3N6. The second kappa shape index (κ2) is 9.50. The van der Waals surface area contributed by atoms with Gasteiger partial charge in [-0.1, -0.05) is 29.8 Å². The second-order valence-electron chi connectivity index (χ2n) is 8.56. The highest BCUT2D eigenvalue weighted by molar-refractivity contribution is 6.35. The van der Waals surface area contributed by atoms with Crippen molar-refractivity contribution in [2.24, 2.45) is 5.73 Å². The molecule has 1 saturated heterocycles. The number of rotatable bonds is 6. The third-order valence-corrected chi connectivity index (χ3v) is 6.39. The highest BCUT2D eigenvalue weighted by Crippen LogP contribution is 2.36. The first-order valence-electron chi connectivity index (χ1n) is 10.9. The number of alkyl halides is 3. The minimum atomic E-state index is -4.57. The van der Waals surface area contributed by atoms with Gasteiger partial charge in [0.25, 0.3) is 0 Å². The van der Waals surface area contributed by atoms with E-state index in [1.54, 1.807) is 24.3 Å². The Kier molecular flexibility index (Phi) is 6.86. The highest BCUT2D eigenvalue weighted by atomic mass is 35.5. The molecule has 1 fully saturated rings. The third-order valence-electron chi connectivity index (χ3n) is 6.08. The lowest BCUT2D eigenvalue weighted by molar-refractivity contribution is -0.0910. The maximum Gasteiger partial charge on any atom is 0.418 e. The van der Waals surface area contributed by atoms with Crippen molar-refractivity contribution in [3.63, 3.8) is 0 Å². The summed E-state index contributed by atoms with van der Waals surface area (Å²) in [5.74, 6) is 0. The van der Waals surface area contributed by atoms with Gasteiger partial charge in [-0.3, -0.25) is 0 Å². The molecule has 10 heteroatoms. The smallest absolute Gasteiger partial charge is 0.383 e. The first kappa shape index (κ1) is 23.8. The number of aromatic nitrogens is 1. The van der Waals surface area contributed by atoms with Crippen molar-refractivity contribution in [3.8, 4) is 0 Å². The van der Waals surface area contributed by atoms with Crippen LogP contribution in [-0.4, -0.2) is 67.3 Å². The van der Waals surface area contributed by atoms with Crippen LogP contribution in [0.15, 0.2) is 53.9 Å². The molecular weight excluding hydrogens is 453 g/mol. The number of hydrogen-bond donors (Lipinski definition) is 3. The number of nitrogens with zero attached hydrogens (tertiary/aromatic N) is 3. The van der Waals surface area contributed by atoms with Crippen molar-refractivity contribution in [3.05, 3.63) is 64.6 Å². The van der Waals surface area contributed by atoms with Crippen molar-refractivity contribution in [1.82, 2.24) is 25.4 Å². The van der Waals surface area contributed by atoms with Crippen LogP contribution >= 0.6 is 11.6 Å². The monoisotopic (exact) mass is 480 g/mol. The van der Waals surface area contributed by atoms with Crippen LogP contribution < -0.4 is 16.4 Å². The normalized spacial score (nSPS) is 22.6. The number of nitrogens with one attached hydrogen (secondary N) is 2. The van der Waals surface area contributed by atoms with Gasteiger partial charge in [-0.2, -0.15) is 13.2 Å². The summed E-state index contributed by atoms with van der Waals surface area (Å²) in [5, 5.41) is 7.02. The molecule has 0 bridgehead atoms. The van der Waals surface area contributed by atoms with E-state index in [1.165, 1.54) is 6.20 Å². The molecule has 178 valence electrons. The lowest BCUT2D eigenvalue weighted by Gasteiger charge is -2.34. The molecule has 0 radical (unpaired) electrons. The standard InChI is InChI=1S/C23H28ClF3N6/c1-32-10-12-33(13-11-32)9-3-8-29-19-15-30-22(28,14-17(19)23(25,26)27)20-7-6-16-4-2-5-18(24)21(16)31-20/h2,4-7,14-15,29-30H,3,8-13,28H2,1H3. The minimum Gasteiger partial charge on any atom is -0.383 e. The molecule has 4 rings (SSSR count). The summed E-state index contributed by atoms with van der Waals surface area (Å²) in [5.41, 5.74) is 4.63. The zero-order valence-electron chi connectivity index (χ0n) is 18.4. The number of halogens is 4. The minimum absolute atomic E-state index is 0.0271. The number of dihydropyridines is 1. The lowest BCUT2D eigenvalue weighted by atomic mass is 9.96. The van der Waals surface area contributed by atoms with Gasteiger partial charge in [0.15, 0.2) is 0 Å². The van der Waals surface area contributed by atoms with E-state index in [0.29, 0.717) is 17.1 Å². The van der Waals surface area contributed by atoms with Gasteiger partial charge in [-0.05, 0) is 38.2 Å². The van der Waals surface area contributed by atoms with E-state index >= 15 is 0 Å². The van der Waals surface area contributed by atoms with Crippen LogP contribution in [0.4, 0.5) is 13.2 Å². The van der Waals surface area contributed by atoms with Crippen molar-refractivity contribution < 1.29 is 13.2 Å². The fourth-order valence-electron chi connectivity index (χ4n) is 4.08. The van der Waals surface area contributed by atoms with Crippen LogP contribution in [0.2, 0.25) is 5.02 Å². The van der Waals surface area contributed by atoms with Gasteiger partial charge in [0, 0.05) is 44.3 Å². The molecule has 6 nitrogen and oxygen atoms in total. The third kappa shape index (κ3) is 5.43. The van der Waals surface area contributed by atoms with Crippen molar-refractivity contribution >= 4 is 22.5 Å². The second-order valence-corrected chi connectivity index (χ2v) is 8.97. The number of piperazine rings is 1. The van der Waals surface area contributed by atoms with Crippen LogP contribution in [0.1, 0.15) is 12.1 Å². The molecule has 3 heterocycles. The van der Waals surface area contributed by atoms with Crippen LogP contribution in [-0.2, 0) is 5.66 Å². The number of para-hydroxylation sites is 1. The van der Waals surface area contributed by atoms with Gasteiger partial charge in [-0.25, -0.2) is 4.98 Å². The highest BCUT2D eigenvalue weighted by Gasteiger charge is 2.42. The Bertz CT molecular complexity index is 1060. The summed E-state index contributed by atoms with van der Waals surface area (Å²) in [6.45, 7) is 5.25. The summed E-state index contributed by atoms with van der Waals surface area (Å²) < 4.78 is 41.8. The van der Waals surface area contributed by atoms with Gasteiger partial charge in [0.1, 0.15) is 5.66 Å². The van der Waals surface area contributed by atoms with Crippen molar-refractivity contribution in [2.45, 2.75) is 18.3 Å². The summed E-state index contributed by atoms with van der Waals surface area (Å²) in [4.78, 5) is 9.05. The van der Waals surface area contributed by atoms with Crippen LogP contribution in [0.3, 0.4) is 0 Å². The van der Waals surface area contributed by atoms with Crippen molar-refractivity contribution in [1.29, 1.82) is 0 Å². The van der Waals surface area contributed by atoms with Crippen LogP contribution in [0, 0.1) is 0 Å². The quantitative estimate of drug-likeness (QED) is 0.552. The Morgan fingerprint density at radius 2 is 1.94 bits per heavy atom. The molecule has 4 N–H and O–H groups in total.